The van der Waals surface area contributed by atoms with E-state index in [0.29, 0.717) is 24.7 Å². The Hall–Kier alpha value is -3.88. The maximum absolute atomic E-state index is 11.8. The number of carboxylic acid groups (broad SMARTS) is 1. The second-order valence-electron chi connectivity index (χ2n) is 14.4. The quantitative estimate of drug-likeness (QED) is 0.163. The number of hydrogen-bond donors (Lipinski definition) is 1. The number of piperidine rings is 1. The molecule has 4 atom stereocenters. The normalized spacial score (nSPS) is 23.0. The zero-order valence-electron chi connectivity index (χ0n) is 27.7. The molecule has 2 bridgehead atoms. The van der Waals surface area contributed by atoms with Crippen molar-refractivity contribution in [3.8, 4) is 22.5 Å². The van der Waals surface area contributed by atoms with Crippen LogP contribution >= 0.6 is 0 Å². The smallest absolute Gasteiger partial charge is 0.407 e. The van der Waals surface area contributed by atoms with Gasteiger partial charge in [-0.2, -0.15) is 10.2 Å². The summed E-state index contributed by atoms with van der Waals surface area (Å²) >= 11 is 0. The minimum Gasteiger partial charge on any atom is -0.465 e. The van der Waals surface area contributed by atoms with Gasteiger partial charge in [-0.05, 0) is 63.1 Å². The van der Waals surface area contributed by atoms with E-state index in [1.165, 1.54) is 0 Å². The zero-order valence-corrected chi connectivity index (χ0v) is 28.7. The average molecular weight is 660 g/mol. The monoisotopic (exact) mass is 659 g/mol. The van der Waals surface area contributed by atoms with Gasteiger partial charge in [0.05, 0.1) is 17.9 Å². The summed E-state index contributed by atoms with van der Waals surface area (Å²) in [6.07, 6.45) is 13.4. The van der Waals surface area contributed by atoms with Gasteiger partial charge in [-0.1, -0.05) is 19.6 Å². The van der Waals surface area contributed by atoms with Crippen molar-refractivity contribution >= 4 is 30.9 Å². The Kier molecular flexibility index (Phi) is 8.74. The first-order chi connectivity index (χ1) is 22.7. The Morgan fingerprint density at radius 2 is 1.87 bits per heavy atom. The molecular weight excluding hydrogens is 615 g/mol. The number of carbonyl (C=O) groups is 1. The van der Waals surface area contributed by atoms with Crippen LogP contribution in [0.2, 0.25) is 25.7 Å². The maximum Gasteiger partial charge on any atom is 0.407 e. The molecule has 47 heavy (non-hydrogen) atoms. The number of pyridine rings is 1. The third kappa shape index (κ3) is 6.50. The molecule has 250 valence electrons. The number of nitrogens with zero attached hydrogens (tertiary/aromatic N) is 9. The SMILES string of the molecule is CN(c1ccc(-c2ncc(-c3cnn(C4CCCCO4)c3)c3cnn(COCC[Si](C)(C)C)c23)nn1)[C@@H]1C[C@H]2CC[C@@H](C1)N2C(=O)O. The van der Waals surface area contributed by atoms with Crippen LogP contribution in [-0.4, -0.2) is 97.3 Å². The van der Waals surface area contributed by atoms with Gasteiger partial charge in [0.2, 0.25) is 0 Å². The number of aromatic nitrogens is 7. The van der Waals surface area contributed by atoms with Crippen LogP contribution in [0.1, 0.15) is 51.2 Å². The summed E-state index contributed by atoms with van der Waals surface area (Å²) in [5, 5.41) is 29.3. The number of fused-ring (bicyclic) bond motifs is 3. The fourth-order valence-electron chi connectivity index (χ4n) is 7.31. The number of hydrogen-bond acceptors (Lipinski definition) is 9. The van der Waals surface area contributed by atoms with E-state index in [9.17, 15) is 9.90 Å². The number of rotatable bonds is 10. The molecule has 3 fully saturated rings. The van der Waals surface area contributed by atoms with Crippen LogP contribution in [0, 0.1) is 0 Å². The number of ether oxygens (including phenoxy) is 2. The highest BCUT2D eigenvalue weighted by molar-refractivity contribution is 6.76. The van der Waals surface area contributed by atoms with Crippen molar-refractivity contribution in [3.63, 3.8) is 0 Å². The average Bonchev–Trinajstić information content (AvgIpc) is 3.79. The molecule has 0 saturated carbocycles. The summed E-state index contributed by atoms with van der Waals surface area (Å²) in [6.45, 7) is 8.78. The highest BCUT2D eigenvalue weighted by atomic mass is 28.3. The molecule has 3 saturated heterocycles. The topological polar surface area (TPSA) is 137 Å². The van der Waals surface area contributed by atoms with Gasteiger partial charge in [0, 0.05) is 75.4 Å². The van der Waals surface area contributed by atoms with Crippen LogP contribution in [0.5, 0.6) is 0 Å². The van der Waals surface area contributed by atoms with Crippen LogP contribution in [0.25, 0.3) is 33.4 Å². The molecule has 7 rings (SSSR count). The summed E-state index contributed by atoms with van der Waals surface area (Å²) in [6, 6.07) is 5.36. The van der Waals surface area contributed by atoms with E-state index in [2.05, 4.69) is 39.8 Å². The van der Waals surface area contributed by atoms with Crippen molar-refractivity contribution in [3.05, 3.63) is 36.9 Å². The number of amides is 1. The lowest BCUT2D eigenvalue weighted by molar-refractivity contribution is -0.0394. The minimum atomic E-state index is -1.24. The molecule has 0 radical (unpaired) electrons. The Labute approximate surface area is 275 Å². The second kappa shape index (κ2) is 13.0. The molecule has 13 nitrogen and oxygen atoms in total. The van der Waals surface area contributed by atoms with Crippen LogP contribution in [0.3, 0.4) is 0 Å². The molecule has 7 heterocycles. The molecule has 4 aromatic rings. The molecule has 3 aliphatic heterocycles. The zero-order chi connectivity index (χ0) is 32.7. The van der Waals surface area contributed by atoms with Crippen LogP contribution < -0.4 is 4.90 Å². The van der Waals surface area contributed by atoms with Crippen LogP contribution in [0.15, 0.2) is 36.9 Å². The summed E-state index contributed by atoms with van der Waals surface area (Å²) in [5.41, 5.74) is 4.06. The Morgan fingerprint density at radius 1 is 1.06 bits per heavy atom. The lowest BCUT2D eigenvalue weighted by Gasteiger charge is -2.41. The Balaban J connectivity index is 1.17. The van der Waals surface area contributed by atoms with E-state index >= 15 is 0 Å². The molecule has 14 heteroatoms. The van der Waals surface area contributed by atoms with E-state index in [0.717, 1.165) is 85.4 Å². The van der Waals surface area contributed by atoms with Crippen molar-refractivity contribution < 1.29 is 19.4 Å². The van der Waals surface area contributed by atoms with E-state index < -0.39 is 14.2 Å². The Bertz CT molecular complexity index is 1700. The maximum atomic E-state index is 11.8. The van der Waals surface area contributed by atoms with Crippen molar-refractivity contribution in [2.75, 3.05) is 25.2 Å². The Morgan fingerprint density at radius 3 is 2.55 bits per heavy atom. The summed E-state index contributed by atoms with van der Waals surface area (Å²) < 4.78 is 15.9. The minimum absolute atomic E-state index is 0.0467. The highest BCUT2D eigenvalue weighted by Gasteiger charge is 2.44. The molecule has 0 spiro atoms. The molecule has 1 amide bonds. The van der Waals surface area contributed by atoms with Gasteiger partial charge in [-0.15, -0.1) is 10.2 Å². The summed E-state index contributed by atoms with van der Waals surface area (Å²) in [5.74, 6) is 0.760. The van der Waals surface area contributed by atoms with E-state index in [-0.39, 0.29) is 24.4 Å². The summed E-state index contributed by atoms with van der Waals surface area (Å²) in [4.78, 5) is 20.5. The largest absolute Gasteiger partial charge is 0.465 e. The number of anilines is 1. The lowest BCUT2D eigenvalue weighted by atomic mass is 9.96. The second-order valence-corrected chi connectivity index (χ2v) is 20.0. The van der Waals surface area contributed by atoms with E-state index in [1.807, 2.05) is 53.3 Å². The van der Waals surface area contributed by atoms with Gasteiger partial charge in [-0.25, -0.2) is 14.2 Å². The lowest BCUT2D eigenvalue weighted by Crippen LogP contribution is -2.51. The fourth-order valence-corrected chi connectivity index (χ4v) is 8.06. The van der Waals surface area contributed by atoms with Crippen LogP contribution in [0.4, 0.5) is 10.6 Å². The first kappa shape index (κ1) is 31.7. The molecule has 0 aliphatic carbocycles. The van der Waals surface area contributed by atoms with Crippen molar-refractivity contribution in [2.24, 2.45) is 0 Å². The van der Waals surface area contributed by atoms with Crippen LogP contribution in [-0.2, 0) is 16.2 Å². The predicted molar refractivity (Wildman–Crippen MR) is 181 cm³/mol. The van der Waals surface area contributed by atoms with Gasteiger partial charge in [-0.3, -0.25) is 4.98 Å². The van der Waals surface area contributed by atoms with E-state index in [4.69, 9.17) is 19.6 Å². The molecule has 0 aromatic carbocycles. The highest BCUT2D eigenvalue weighted by Crippen LogP contribution is 2.39. The van der Waals surface area contributed by atoms with Gasteiger partial charge in [0.25, 0.3) is 0 Å². The molecule has 3 aliphatic rings. The molecule has 1 unspecified atom stereocenters. The molecule has 1 N–H and O–H groups in total. The third-order valence-corrected chi connectivity index (χ3v) is 11.7. The molecular formula is C33H45N9O4Si. The van der Waals surface area contributed by atoms with Gasteiger partial charge in [0.15, 0.2) is 5.82 Å². The van der Waals surface area contributed by atoms with E-state index in [1.54, 1.807) is 4.90 Å². The first-order valence-electron chi connectivity index (χ1n) is 16.8. The summed E-state index contributed by atoms with van der Waals surface area (Å²) in [7, 11) is 0.789. The predicted octanol–water partition coefficient (Wildman–Crippen LogP) is 5.87. The van der Waals surface area contributed by atoms with Gasteiger partial charge >= 0.3 is 6.09 Å². The third-order valence-electron chi connectivity index (χ3n) is 9.98. The van der Waals surface area contributed by atoms with Crippen molar-refractivity contribution in [1.82, 2.24) is 39.6 Å². The fraction of sp³-hybridized carbons (Fsp3) is 0.576. The van der Waals surface area contributed by atoms with Crippen molar-refractivity contribution in [1.29, 1.82) is 0 Å². The van der Waals surface area contributed by atoms with Crippen molar-refractivity contribution in [2.45, 2.75) is 102 Å². The first-order valence-corrected chi connectivity index (χ1v) is 20.5. The van der Waals surface area contributed by atoms with Gasteiger partial charge < -0.3 is 24.4 Å². The van der Waals surface area contributed by atoms with Gasteiger partial charge in [0.1, 0.15) is 24.3 Å². The molecule has 4 aromatic heterocycles. The standard InChI is InChI=1S/C33H45N9O4Si/c1-39(25-15-23-8-9-24(16-25)42(23)33(43)44)29-11-10-28(37-38-29)31-32-27(19-36-41(32)21-45-13-14-47(2,3)4)26(18-34-31)22-17-35-40(20-22)30-7-5-6-12-46-30/h10-11,17-20,23-25,30H,5-9,12-16,21H2,1-4H3,(H,43,44)/t23-,24+,25-,30?.